The molecule has 3 aromatic rings. The number of carbonyl (C=O) groups excluding carboxylic acids is 2. The van der Waals surface area contributed by atoms with Gasteiger partial charge in [-0.2, -0.15) is 0 Å². The molecule has 4 N–H and O–H groups in total. The number of aliphatic hydroxyl groups is 1. The number of aromatic nitrogens is 2. The number of ether oxygens (including phenoxy) is 1. The van der Waals surface area contributed by atoms with E-state index in [1.54, 1.807) is 29.8 Å². The number of benzene rings is 1. The first kappa shape index (κ1) is 27.7. The van der Waals surface area contributed by atoms with Crippen LogP contribution in [0.3, 0.4) is 0 Å². The van der Waals surface area contributed by atoms with E-state index < -0.39 is 18.1 Å². The van der Waals surface area contributed by atoms with E-state index in [4.69, 9.17) is 15.0 Å². The van der Waals surface area contributed by atoms with Gasteiger partial charge in [-0.3, -0.25) is 9.59 Å². The van der Waals surface area contributed by atoms with Gasteiger partial charge in [-0.1, -0.05) is 31.1 Å². The lowest BCUT2D eigenvalue weighted by atomic mass is 9.91. The third kappa shape index (κ3) is 6.06. The highest BCUT2D eigenvalue weighted by Gasteiger charge is 2.43. The summed E-state index contributed by atoms with van der Waals surface area (Å²) in [6, 6.07) is 6.76. The van der Waals surface area contributed by atoms with Crippen molar-refractivity contribution in [1.29, 1.82) is 0 Å². The number of aryl methyl sites for hydroxylation is 2. The minimum absolute atomic E-state index is 0.0840. The summed E-state index contributed by atoms with van der Waals surface area (Å²) in [4.78, 5) is 33.7. The SMILES string of the molecule is Cc1cc([C@H](C(=O)N2CC(O)CC2C(=O)NCc2ccc(-c3scnc3C)cc2OCCN)C(C)C)on1. The number of β-amino-alcohol motifs (C(OH)–C–C–N with tert-alkyl or cyclic N) is 1. The van der Waals surface area contributed by atoms with E-state index in [1.165, 1.54) is 4.90 Å². The monoisotopic (exact) mass is 541 g/mol. The van der Waals surface area contributed by atoms with Gasteiger partial charge in [0.25, 0.3) is 0 Å². The zero-order valence-electron chi connectivity index (χ0n) is 22.1. The average Bonchev–Trinajstić information content (AvgIpc) is 3.61. The van der Waals surface area contributed by atoms with Crippen LogP contribution in [0.1, 0.15) is 48.9 Å². The highest BCUT2D eigenvalue weighted by Crippen LogP contribution is 2.33. The first-order valence-corrected chi connectivity index (χ1v) is 13.6. The Morgan fingerprint density at radius 1 is 1.32 bits per heavy atom. The van der Waals surface area contributed by atoms with Crippen LogP contribution < -0.4 is 15.8 Å². The molecule has 2 aromatic heterocycles. The fourth-order valence-corrected chi connectivity index (χ4v) is 5.58. The lowest BCUT2D eigenvalue weighted by Gasteiger charge is -2.28. The molecule has 10 nitrogen and oxygen atoms in total. The maximum absolute atomic E-state index is 13.6. The quantitative estimate of drug-likeness (QED) is 0.355. The summed E-state index contributed by atoms with van der Waals surface area (Å²) in [6.45, 7) is 8.56. The predicted octanol–water partition coefficient (Wildman–Crippen LogP) is 2.77. The molecule has 0 bridgehead atoms. The normalized spacial score (nSPS) is 18.1. The molecule has 4 rings (SSSR count). The molecule has 0 spiro atoms. The van der Waals surface area contributed by atoms with Crippen LogP contribution in [-0.4, -0.2) is 63.8 Å². The van der Waals surface area contributed by atoms with Crippen molar-refractivity contribution in [3.8, 4) is 16.2 Å². The summed E-state index contributed by atoms with van der Waals surface area (Å²) in [7, 11) is 0. The van der Waals surface area contributed by atoms with Crippen molar-refractivity contribution >= 4 is 23.2 Å². The predicted molar refractivity (Wildman–Crippen MR) is 144 cm³/mol. The molecular weight excluding hydrogens is 506 g/mol. The fourth-order valence-electron chi connectivity index (χ4n) is 4.77. The van der Waals surface area contributed by atoms with Gasteiger partial charge in [-0.15, -0.1) is 11.3 Å². The average molecular weight is 542 g/mol. The van der Waals surface area contributed by atoms with E-state index in [0.717, 1.165) is 21.7 Å². The number of nitrogens with zero attached hydrogens (tertiary/aromatic N) is 3. The Morgan fingerprint density at radius 2 is 2.11 bits per heavy atom. The summed E-state index contributed by atoms with van der Waals surface area (Å²) in [5, 5.41) is 17.2. The third-order valence-electron chi connectivity index (χ3n) is 6.65. The lowest BCUT2D eigenvalue weighted by Crippen LogP contribution is -2.48. The minimum atomic E-state index is -0.796. The summed E-state index contributed by atoms with van der Waals surface area (Å²) < 4.78 is 11.3. The van der Waals surface area contributed by atoms with Gasteiger partial charge in [0.1, 0.15) is 30.1 Å². The Balaban J connectivity index is 1.50. The Hall–Kier alpha value is -3.28. The van der Waals surface area contributed by atoms with E-state index in [2.05, 4.69) is 15.5 Å². The van der Waals surface area contributed by atoms with Crippen molar-refractivity contribution in [2.24, 2.45) is 11.7 Å². The molecule has 1 aliphatic rings. The Morgan fingerprint density at radius 3 is 2.74 bits per heavy atom. The molecule has 1 fully saturated rings. The van der Waals surface area contributed by atoms with Gasteiger partial charge >= 0.3 is 0 Å². The largest absolute Gasteiger partial charge is 0.492 e. The van der Waals surface area contributed by atoms with E-state index in [0.29, 0.717) is 30.4 Å². The number of amides is 2. The molecule has 11 heteroatoms. The Bertz CT molecular complexity index is 1270. The highest BCUT2D eigenvalue weighted by molar-refractivity contribution is 7.13. The standard InChI is InChI=1S/C27H35N5O5S/c1-15(2)24(23-9-16(3)31-37-23)27(35)32-13-20(33)11-21(32)26(34)29-12-19-6-5-18(10-22(19)36-8-7-28)25-17(4)30-14-38-25/h5-6,9-10,14-15,20-21,24,33H,7-8,11-13,28H2,1-4H3,(H,29,34)/t20?,21?,24-/m1/s1. The number of aliphatic hydroxyl groups excluding tert-OH is 1. The first-order chi connectivity index (χ1) is 18.2. The Kier molecular flexibility index (Phi) is 8.80. The van der Waals surface area contributed by atoms with Crippen LogP contribution in [0.5, 0.6) is 5.75 Å². The number of hydrogen-bond donors (Lipinski definition) is 3. The molecule has 2 amide bonds. The van der Waals surface area contributed by atoms with Crippen LogP contribution in [0.15, 0.2) is 34.3 Å². The van der Waals surface area contributed by atoms with Crippen molar-refractivity contribution in [3.63, 3.8) is 0 Å². The fraction of sp³-hybridized carbons (Fsp3) is 0.481. The van der Waals surface area contributed by atoms with Crippen LogP contribution in [-0.2, 0) is 16.1 Å². The van der Waals surface area contributed by atoms with Crippen molar-refractivity contribution in [1.82, 2.24) is 20.4 Å². The van der Waals surface area contributed by atoms with Gasteiger partial charge in [-0.05, 0) is 31.4 Å². The first-order valence-electron chi connectivity index (χ1n) is 12.7. The maximum atomic E-state index is 13.6. The summed E-state index contributed by atoms with van der Waals surface area (Å²) in [6.07, 6.45) is -0.623. The van der Waals surface area contributed by atoms with Crippen LogP contribution >= 0.6 is 11.3 Å². The molecule has 3 heterocycles. The van der Waals surface area contributed by atoms with E-state index in [-0.39, 0.29) is 37.2 Å². The van der Waals surface area contributed by atoms with Crippen LogP contribution in [0.2, 0.25) is 0 Å². The molecule has 0 radical (unpaired) electrons. The second-order valence-corrected chi connectivity index (χ2v) is 10.8. The van der Waals surface area contributed by atoms with Crippen molar-refractivity contribution in [3.05, 3.63) is 52.5 Å². The molecule has 0 saturated carbocycles. The van der Waals surface area contributed by atoms with Gasteiger partial charge in [0.15, 0.2) is 0 Å². The van der Waals surface area contributed by atoms with Crippen molar-refractivity contribution in [2.45, 2.75) is 58.7 Å². The summed E-state index contributed by atoms with van der Waals surface area (Å²) in [5.41, 5.74) is 10.8. The van der Waals surface area contributed by atoms with Crippen molar-refractivity contribution in [2.75, 3.05) is 19.7 Å². The zero-order chi connectivity index (χ0) is 27.4. The van der Waals surface area contributed by atoms with Crippen LogP contribution in [0.25, 0.3) is 10.4 Å². The number of hydrogen-bond acceptors (Lipinski definition) is 9. The molecule has 1 aliphatic heterocycles. The van der Waals surface area contributed by atoms with Gasteiger partial charge in [0.05, 0.1) is 27.9 Å². The van der Waals surface area contributed by atoms with E-state index in [1.807, 2.05) is 39.0 Å². The molecule has 3 atom stereocenters. The summed E-state index contributed by atoms with van der Waals surface area (Å²) >= 11 is 1.55. The number of rotatable bonds is 10. The Labute approximate surface area is 226 Å². The van der Waals surface area contributed by atoms with Crippen molar-refractivity contribution < 1.29 is 24.0 Å². The zero-order valence-corrected chi connectivity index (χ0v) is 23.0. The third-order valence-corrected chi connectivity index (χ3v) is 7.63. The minimum Gasteiger partial charge on any atom is -0.492 e. The number of carbonyl (C=O) groups is 2. The van der Waals surface area contributed by atoms with Gasteiger partial charge in [0, 0.05) is 37.7 Å². The second-order valence-electron chi connectivity index (χ2n) is 9.93. The second kappa shape index (κ2) is 12.1. The van der Waals surface area contributed by atoms with Gasteiger partial charge in [0.2, 0.25) is 11.8 Å². The van der Waals surface area contributed by atoms with E-state index in [9.17, 15) is 14.7 Å². The molecular formula is C27H35N5O5S. The topological polar surface area (TPSA) is 144 Å². The van der Waals surface area contributed by atoms with Gasteiger partial charge < -0.3 is 30.3 Å². The number of thiazole rings is 1. The van der Waals surface area contributed by atoms with Crippen LogP contribution in [0, 0.1) is 19.8 Å². The number of nitrogens with one attached hydrogen (secondary N) is 1. The smallest absolute Gasteiger partial charge is 0.243 e. The lowest BCUT2D eigenvalue weighted by molar-refractivity contribution is -0.141. The molecule has 1 aromatic carbocycles. The molecule has 0 aliphatic carbocycles. The summed E-state index contributed by atoms with van der Waals surface area (Å²) in [5.74, 6) is -0.195. The van der Waals surface area contributed by atoms with E-state index >= 15 is 0 Å². The molecule has 204 valence electrons. The molecule has 1 saturated heterocycles. The number of likely N-dealkylation sites (tertiary alicyclic amines) is 1. The molecule has 38 heavy (non-hydrogen) atoms. The molecule has 2 unspecified atom stereocenters. The maximum Gasteiger partial charge on any atom is 0.243 e. The van der Waals surface area contributed by atoms with Crippen LogP contribution in [0.4, 0.5) is 0 Å². The van der Waals surface area contributed by atoms with Gasteiger partial charge in [-0.25, -0.2) is 4.98 Å². The highest BCUT2D eigenvalue weighted by atomic mass is 32.1. The number of nitrogens with two attached hydrogens (primary N) is 1.